The molecule has 1 aliphatic carbocycles. The number of carbonyl (C=O) groups is 1. The average Bonchev–Trinajstić information content (AvgIpc) is 3.25. The molecule has 1 aromatic heterocycles. The quantitative estimate of drug-likeness (QED) is 0.602. The third kappa shape index (κ3) is 3.80. The molecule has 2 fully saturated rings. The van der Waals surface area contributed by atoms with Crippen LogP contribution in [0.15, 0.2) is 53.1 Å². The fourth-order valence-electron chi connectivity index (χ4n) is 4.45. The Morgan fingerprint density at radius 3 is 2.61 bits per heavy atom. The van der Waals surface area contributed by atoms with E-state index in [2.05, 4.69) is 10.1 Å². The van der Waals surface area contributed by atoms with Crippen molar-refractivity contribution >= 4 is 5.91 Å². The van der Waals surface area contributed by atoms with Crippen LogP contribution in [0.5, 0.6) is 5.75 Å². The average molecular weight is 421 g/mol. The van der Waals surface area contributed by atoms with Gasteiger partial charge in [0.05, 0.1) is 12.5 Å². The van der Waals surface area contributed by atoms with Gasteiger partial charge in [0, 0.05) is 25.1 Å². The summed E-state index contributed by atoms with van der Waals surface area (Å²) < 4.78 is 23.7. The van der Waals surface area contributed by atoms with Gasteiger partial charge in [0.15, 0.2) is 5.82 Å². The molecule has 0 spiro atoms. The number of halogens is 1. The van der Waals surface area contributed by atoms with Crippen LogP contribution in [-0.2, 0) is 16.6 Å². The van der Waals surface area contributed by atoms with E-state index in [1.807, 2.05) is 29.2 Å². The van der Waals surface area contributed by atoms with Crippen molar-refractivity contribution in [3.8, 4) is 17.2 Å². The highest BCUT2D eigenvalue weighted by Gasteiger charge is 2.53. The monoisotopic (exact) mass is 421 g/mol. The zero-order valence-corrected chi connectivity index (χ0v) is 17.4. The minimum Gasteiger partial charge on any atom is -0.497 e. The molecule has 0 radical (unpaired) electrons. The number of likely N-dealkylation sites (tertiary alicyclic amines) is 1. The molecular weight excluding hydrogens is 397 g/mol. The number of amides is 1. The maximum absolute atomic E-state index is 13.3. The van der Waals surface area contributed by atoms with E-state index < -0.39 is 0 Å². The predicted molar refractivity (Wildman–Crippen MR) is 112 cm³/mol. The van der Waals surface area contributed by atoms with E-state index in [0.717, 1.165) is 37.1 Å². The Morgan fingerprint density at radius 2 is 1.94 bits per heavy atom. The lowest BCUT2D eigenvalue weighted by molar-refractivity contribution is -0.133. The predicted octanol–water partition coefficient (Wildman–Crippen LogP) is 4.01. The van der Waals surface area contributed by atoms with Crippen LogP contribution in [0.3, 0.4) is 0 Å². The molecule has 2 aromatic carbocycles. The summed E-state index contributed by atoms with van der Waals surface area (Å²) in [5.74, 6) is 2.03. The molecule has 1 unspecified atom stereocenters. The molecule has 5 rings (SSSR count). The van der Waals surface area contributed by atoms with E-state index in [4.69, 9.17) is 9.26 Å². The SMILES string of the molecule is COc1ccc(C2(C(=O)N3CCC(Cc4noc(-c5ccc(F)cc5)n4)C3)CC2)cc1. The molecular formula is C24H24FN3O3. The molecule has 1 atom stereocenters. The highest BCUT2D eigenvalue weighted by molar-refractivity contribution is 5.91. The molecule has 1 aliphatic heterocycles. The van der Waals surface area contributed by atoms with Crippen molar-refractivity contribution in [1.82, 2.24) is 15.0 Å². The minimum atomic E-state index is -0.372. The molecule has 6 nitrogen and oxygen atoms in total. The van der Waals surface area contributed by atoms with Crippen LogP contribution in [-0.4, -0.2) is 41.1 Å². The van der Waals surface area contributed by atoms with Crippen molar-refractivity contribution in [1.29, 1.82) is 0 Å². The molecule has 1 saturated heterocycles. The van der Waals surface area contributed by atoms with Crippen LogP contribution in [0, 0.1) is 11.7 Å². The zero-order valence-electron chi connectivity index (χ0n) is 17.4. The van der Waals surface area contributed by atoms with Crippen molar-refractivity contribution in [3.63, 3.8) is 0 Å². The van der Waals surface area contributed by atoms with Gasteiger partial charge in [-0.2, -0.15) is 4.98 Å². The van der Waals surface area contributed by atoms with Crippen molar-refractivity contribution in [2.24, 2.45) is 5.92 Å². The Kier molecular flexibility index (Phi) is 4.96. The largest absolute Gasteiger partial charge is 0.497 e. The second-order valence-electron chi connectivity index (χ2n) is 8.44. The molecule has 0 bridgehead atoms. The zero-order chi connectivity index (χ0) is 21.4. The summed E-state index contributed by atoms with van der Waals surface area (Å²) in [6.45, 7) is 1.46. The number of methoxy groups -OCH3 is 1. The van der Waals surface area contributed by atoms with E-state index >= 15 is 0 Å². The first-order valence-electron chi connectivity index (χ1n) is 10.6. The number of hydrogen-bond donors (Lipinski definition) is 0. The summed E-state index contributed by atoms with van der Waals surface area (Å²) in [5, 5.41) is 4.08. The summed E-state index contributed by atoms with van der Waals surface area (Å²) in [4.78, 5) is 19.8. The summed E-state index contributed by atoms with van der Waals surface area (Å²) in [5.41, 5.74) is 1.39. The first-order chi connectivity index (χ1) is 15.1. The van der Waals surface area contributed by atoms with Gasteiger partial charge in [-0.25, -0.2) is 4.39 Å². The van der Waals surface area contributed by atoms with E-state index in [1.165, 1.54) is 12.1 Å². The van der Waals surface area contributed by atoms with Crippen LogP contribution in [0.25, 0.3) is 11.5 Å². The number of hydrogen-bond acceptors (Lipinski definition) is 5. The molecule has 2 aliphatic rings. The van der Waals surface area contributed by atoms with E-state index in [1.54, 1.807) is 19.2 Å². The topological polar surface area (TPSA) is 68.5 Å². The second-order valence-corrected chi connectivity index (χ2v) is 8.44. The molecule has 1 saturated carbocycles. The lowest BCUT2D eigenvalue weighted by atomic mass is 9.94. The van der Waals surface area contributed by atoms with Crippen LogP contribution in [0.4, 0.5) is 4.39 Å². The fraction of sp³-hybridized carbons (Fsp3) is 0.375. The second kappa shape index (κ2) is 7.80. The van der Waals surface area contributed by atoms with Gasteiger partial charge in [-0.05, 0) is 67.1 Å². The molecule has 1 amide bonds. The third-order valence-corrected chi connectivity index (χ3v) is 6.41. The van der Waals surface area contributed by atoms with E-state index in [-0.39, 0.29) is 17.1 Å². The maximum atomic E-state index is 13.3. The van der Waals surface area contributed by atoms with E-state index in [0.29, 0.717) is 36.2 Å². The van der Waals surface area contributed by atoms with Gasteiger partial charge in [-0.15, -0.1) is 0 Å². The van der Waals surface area contributed by atoms with Crippen molar-refractivity contribution in [2.75, 3.05) is 20.2 Å². The number of rotatable bonds is 6. The van der Waals surface area contributed by atoms with Crippen LogP contribution in [0.2, 0.25) is 0 Å². The normalized spacial score (nSPS) is 19.4. The summed E-state index contributed by atoms with van der Waals surface area (Å²) >= 11 is 0. The smallest absolute Gasteiger partial charge is 0.257 e. The molecule has 0 N–H and O–H groups in total. The molecule has 2 heterocycles. The van der Waals surface area contributed by atoms with Crippen molar-refractivity contribution in [2.45, 2.75) is 31.1 Å². The Morgan fingerprint density at radius 1 is 1.19 bits per heavy atom. The summed E-state index contributed by atoms with van der Waals surface area (Å²) in [6, 6.07) is 13.8. The Labute approximate surface area is 180 Å². The van der Waals surface area contributed by atoms with Crippen molar-refractivity contribution < 1.29 is 18.4 Å². The molecule has 160 valence electrons. The van der Waals surface area contributed by atoms with Gasteiger partial charge >= 0.3 is 0 Å². The molecule has 7 heteroatoms. The van der Waals surface area contributed by atoms with Gasteiger partial charge in [-0.3, -0.25) is 4.79 Å². The lowest BCUT2D eigenvalue weighted by Crippen LogP contribution is -2.38. The Hall–Kier alpha value is -3.22. The third-order valence-electron chi connectivity index (χ3n) is 6.41. The number of nitrogens with zero attached hydrogens (tertiary/aromatic N) is 3. The maximum Gasteiger partial charge on any atom is 0.257 e. The molecule has 31 heavy (non-hydrogen) atoms. The molecule has 3 aromatic rings. The van der Waals surface area contributed by atoms with Crippen molar-refractivity contribution in [3.05, 3.63) is 65.7 Å². The Balaban J connectivity index is 1.22. The van der Waals surface area contributed by atoms with Gasteiger partial charge in [-0.1, -0.05) is 17.3 Å². The van der Waals surface area contributed by atoms with Gasteiger partial charge in [0.2, 0.25) is 5.91 Å². The highest BCUT2D eigenvalue weighted by atomic mass is 19.1. The number of ether oxygens (including phenoxy) is 1. The van der Waals surface area contributed by atoms with Gasteiger partial charge in [0.1, 0.15) is 11.6 Å². The van der Waals surface area contributed by atoms with Crippen LogP contribution in [0.1, 0.15) is 30.7 Å². The van der Waals surface area contributed by atoms with Crippen LogP contribution < -0.4 is 4.74 Å². The lowest BCUT2D eigenvalue weighted by Gasteiger charge is -2.23. The summed E-state index contributed by atoms with van der Waals surface area (Å²) in [6.07, 6.45) is 3.37. The first-order valence-corrected chi connectivity index (χ1v) is 10.6. The number of aromatic nitrogens is 2. The first kappa shape index (κ1) is 19.7. The highest BCUT2D eigenvalue weighted by Crippen LogP contribution is 2.50. The van der Waals surface area contributed by atoms with Crippen LogP contribution >= 0.6 is 0 Å². The standard InChI is InChI=1S/C24H24FN3O3/c1-30-20-8-4-18(5-9-20)24(11-12-24)23(29)28-13-10-16(15-28)14-21-26-22(31-27-21)17-2-6-19(25)7-3-17/h2-9,16H,10-15H2,1H3. The van der Waals surface area contributed by atoms with E-state index in [9.17, 15) is 9.18 Å². The van der Waals surface area contributed by atoms with Gasteiger partial charge < -0.3 is 14.2 Å². The fourth-order valence-corrected chi connectivity index (χ4v) is 4.45. The summed E-state index contributed by atoms with van der Waals surface area (Å²) in [7, 11) is 1.64. The Bertz CT molecular complexity index is 1070. The minimum absolute atomic E-state index is 0.222. The number of carbonyl (C=O) groups excluding carboxylic acids is 1. The van der Waals surface area contributed by atoms with Gasteiger partial charge in [0.25, 0.3) is 5.89 Å². The number of benzene rings is 2.